The Labute approximate surface area is 138 Å². The van der Waals surface area contributed by atoms with Gasteiger partial charge >= 0.3 is 0 Å². The molecule has 1 atom stereocenters. The summed E-state index contributed by atoms with van der Waals surface area (Å²) in [5.74, 6) is 1.00. The molecule has 2 rings (SSSR count). The predicted octanol–water partition coefficient (Wildman–Crippen LogP) is 1.68. The van der Waals surface area contributed by atoms with E-state index in [2.05, 4.69) is 4.90 Å². The first-order chi connectivity index (χ1) is 11.1. The van der Waals surface area contributed by atoms with Gasteiger partial charge in [-0.25, -0.2) is 0 Å². The molecule has 0 saturated carbocycles. The summed E-state index contributed by atoms with van der Waals surface area (Å²) in [6.07, 6.45) is 0.995. The largest absolute Gasteiger partial charge is 0.491 e. The zero-order chi connectivity index (χ0) is 16.7. The lowest BCUT2D eigenvalue weighted by Gasteiger charge is -2.24. The molecule has 1 amide bonds. The second-order valence-corrected chi connectivity index (χ2v) is 6.17. The SMILES string of the molecule is CCC(=O)N1CCCN(CC(O)COc2ccc(C)cc2)CC1. The van der Waals surface area contributed by atoms with Crippen LogP contribution in [0.2, 0.25) is 0 Å². The summed E-state index contributed by atoms with van der Waals surface area (Å²) in [4.78, 5) is 15.9. The van der Waals surface area contributed by atoms with Crippen LogP contribution >= 0.6 is 0 Å². The fraction of sp³-hybridized carbons (Fsp3) is 0.611. The van der Waals surface area contributed by atoms with E-state index in [1.165, 1.54) is 5.56 Å². The smallest absolute Gasteiger partial charge is 0.222 e. The molecule has 23 heavy (non-hydrogen) atoms. The maximum atomic E-state index is 11.8. The summed E-state index contributed by atoms with van der Waals surface area (Å²) < 4.78 is 5.63. The van der Waals surface area contributed by atoms with E-state index < -0.39 is 6.10 Å². The summed E-state index contributed by atoms with van der Waals surface area (Å²) >= 11 is 0. The highest BCUT2D eigenvalue weighted by molar-refractivity contribution is 5.75. The average Bonchev–Trinajstić information content (AvgIpc) is 2.79. The predicted molar refractivity (Wildman–Crippen MR) is 90.6 cm³/mol. The van der Waals surface area contributed by atoms with Crippen molar-refractivity contribution >= 4 is 5.91 Å². The Hall–Kier alpha value is -1.59. The number of aliphatic hydroxyl groups excluding tert-OH is 1. The van der Waals surface area contributed by atoms with E-state index in [4.69, 9.17) is 4.74 Å². The molecule has 0 aliphatic carbocycles. The van der Waals surface area contributed by atoms with Crippen molar-refractivity contribution in [3.8, 4) is 5.75 Å². The van der Waals surface area contributed by atoms with Crippen LogP contribution in [0.15, 0.2) is 24.3 Å². The average molecular weight is 320 g/mol. The number of carbonyl (C=O) groups excluding carboxylic acids is 1. The number of aryl methyl sites for hydroxylation is 1. The van der Waals surface area contributed by atoms with Crippen molar-refractivity contribution in [1.29, 1.82) is 0 Å². The third-order valence-electron chi connectivity index (χ3n) is 4.18. The number of amides is 1. The molecule has 5 heteroatoms. The number of ether oxygens (including phenoxy) is 1. The van der Waals surface area contributed by atoms with E-state index >= 15 is 0 Å². The molecule has 1 aromatic carbocycles. The zero-order valence-electron chi connectivity index (χ0n) is 14.2. The first-order valence-corrected chi connectivity index (χ1v) is 8.46. The number of rotatable bonds is 6. The lowest BCUT2D eigenvalue weighted by atomic mass is 10.2. The van der Waals surface area contributed by atoms with Gasteiger partial charge in [0.2, 0.25) is 5.91 Å². The first kappa shape index (κ1) is 17.8. The van der Waals surface area contributed by atoms with Crippen molar-refractivity contribution in [2.45, 2.75) is 32.8 Å². The Balaban J connectivity index is 1.73. The maximum absolute atomic E-state index is 11.8. The first-order valence-electron chi connectivity index (χ1n) is 8.46. The van der Waals surface area contributed by atoms with Gasteiger partial charge in [0, 0.05) is 32.6 Å². The molecule has 0 aromatic heterocycles. The van der Waals surface area contributed by atoms with Gasteiger partial charge in [0.25, 0.3) is 0 Å². The van der Waals surface area contributed by atoms with Crippen LogP contribution in [0.4, 0.5) is 0 Å². The van der Waals surface area contributed by atoms with Gasteiger partial charge in [-0.3, -0.25) is 9.69 Å². The molecule has 128 valence electrons. The molecule has 1 unspecified atom stereocenters. The number of aliphatic hydroxyl groups is 1. The van der Waals surface area contributed by atoms with Crippen LogP contribution in [0.5, 0.6) is 5.75 Å². The van der Waals surface area contributed by atoms with Crippen LogP contribution in [-0.2, 0) is 4.79 Å². The van der Waals surface area contributed by atoms with Gasteiger partial charge in [-0.15, -0.1) is 0 Å². The second-order valence-electron chi connectivity index (χ2n) is 6.17. The number of carbonyl (C=O) groups is 1. The fourth-order valence-corrected chi connectivity index (χ4v) is 2.80. The van der Waals surface area contributed by atoms with Gasteiger partial charge < -0.3 is 14.7 Å². The summed E-state index contributed by atoms with van der Waals surface area (Å²) in [5.41, 5.74) is 1.19. The topological polar surface area (TPSA) is 53.0 Å². The Morgan fingerprint density at radius 2 is 1.96 bits per heavy atom. The maximum Gasteiger partial charge on any atom is 0.222 e. The van der Waals surface area contributed by atoms with Crippen molar-refractivity contribution in [3.63, 3.8) is 0 Å². The van der Waals surface area contributed by atoms with Crippen LogP contribution in [0.25, 0.3) is 0 Å². The van der Waals surface area contributed by atoms with E-state index in [0.717, 1.165) is 38.3 Å². The van der Waals surface area contributed by atoms with Gasteiger partial charge in [-0.05, 0) is 32.0 Å². The molecule has 1 saturated heterocycles. The molecule has 5 nitrogen and oxygen atoms in total. The molecule has 0 radical (unpaired) electrons. The zero-order valence-corrected chi connectivity index (χ0v) is 14.2. The van der Waals surface area contributed by atoms with Gasteiger partial charge in [0.15, 0.2) is 0 Å². The number of hydrogen-bond donors (Lipinski definition) is 1. The molecular weight excluding hydrogens is 292 g/mol. The monoisotopic (exact) mass is 320 g/mol. The van der Waals surface area contributed by atoms with Crippen molar-refractivity contribution < 1.29 is 14.6 Å². The van der Waals surface area contributed by atoms with Crippen LogP contribution < -0.4 is 4.74 Å². The minimum Gasteiger partial charge on any atom is -0.491 e. The van der Waals surface area contributed by atoms with E-state index in [1.807, 2.05) is 43.0 Å². The number of nitrogens with zero attached hydrogens (tertiary/aromatic N) is 2. The molecule has 1 N–H and O–H groups in total. The standard InChI is InChI=1S/C18H28N2O3/c1-3-18(22)20-10-4-9-19(11-12-20)13-16(21)14-23-17-7-5-15(2)6-8-17/h5-8,16,21H,3-4,9-14H2,1-2H3. The molecule has 1 fully saturated rings. The highest BCUT2D eigenvalue weighted by atomic mass is 16.5. The summed E-state index contributed by atoms with van der Waals surface area (Å²) in [5, 5.41) is 10.2. The Morgan fingerprint density at radius 1 is 1.22 bits per heavy atom. The minimum absolute atomic E-state index is 0.218. The normalized spacial score (nSPS) is 17.6. The molecule has 1 aliphatic heterocycles. The van der Waals surface area contributed by atoms with Gasteiger partial charge in [0.05, 0.1) is 0 Å². The highest BCUT2D eigenvalue weighted by Crippen LogP contribution is 2.12. The van der Waals surface area contributed by atoms with Crippen LogP contribution in [0.1, 0.15) is 25.3 Å². The number of hydrogen-bond acceptors (Lipinski definition) is 4. The van der Waals surface area contributed by atoms with Gasteiger partial charge in [-0.2, -0.15) is 0 Å². The molecule has 1 heterocycles. The van der Waals surface area contributed by atoms with Gasteiger partial charge in [-0.1, -0.05) is 24.6 Å². The van der Waals surface area contributed by atoms with Crippen LogP contribution in [0.3, 0.4) is 0 Å². The van der Waals surface area contributed by atoms with Crippen molar-refractivity contribution in [1.82, 2.24) is 9.80 Å². The molecule has 1 aromatic rings. The number of β-amino-alcohol motifs (C(OH)–C–C–N with tert-alkyl or cyclic N) is 1. The second kappa shape index (κ2) is 8.89. The van der Waals surface area contributed by atoms with Crippen molar-refractivity contribution in [2.24, 2.45) is 0 Å². The molecule has 1 aliphatic rings. The Bertz CT molecular complexity index is 490. The Kier molecular flexibility index (Phi) is 6.86. The minimum atomic E-state index is -0.523. The molecule has 0 bridgehead atoms. The lowest BCUT2D eigenvalue weighted by Crippen LogP contribution is -2.39. The van der Waals surface area contributed by atoms with E-state index in [-0.39, 0.29) is 12.5 Å². The van der Waals surface area contributed by atoms with Crippen LogP contribution in [-0.4, -0.2) is 66.2 Å². The van der Waals surface area contributed by atoms with Crippen molar-refractivity contribution in [2.75, 3.05) is 39.3 Å². The van der Waals surface area contributed by atoms with E-state index in [9.17, 15) is 9.90 Å². The highest BCUT2D eigenvalue weighted by Gasteiger charge is 2.19. The van der Waals surface area contributed by atoms with E-state index in [1.54, 1.807) is 0 Å². The lowest BCUT2D eigenvalue weighted by molar-refractivity contribution is -0.130. The number of benzene rings is 1. The van der Waals surface area contributed by atoms with E-state index in [0.29, 0.717) is 13.0 Å². The third kappa shape index (κ3) is 5.84. The van der Waals surface area contributed by atoms with Gasteiger partial charge in [0.1, 0.15) is 18.5 Å². The molecular formula is C18H28N2O3. The molecule has 0 spiro atoms. The summed E-state index contributed by atoms with van der Waals surface area (Å²) in [6.45, 7) is 8.10. The quantitative estimate of drug-likeness (QED) is 0.866. The summed E-state index contributed by atoms with van der Waals surface area (Å²) in [6, 6.07) is 7.83. The Morgan fingerprint density at radius 3 is 2.65 bits per heavy atom. The van der Waals surface area contributed by atoms with Crippen molar-refractivity contribution in [3.05, 3.63) is 29.8 Å². The fourth-order valence-electron chi connectivity index (χ4n) is 2.80. The summed E-state index contributed by atoms with van der Waals surface area (Å²) in [7, 11) is 0. The van der Waals surface area contributed by atoms with Crippen LogP contribution in [0, 0.1) is 6.92 Å². The third-order valence-corrected chi connectivity index (χ3v) is 4.18.